The number of pyridine rings is 2. The van der Waals surface area contributed by atoms with Crippen LogP contribution in [0.3, 0.4) is 0 Å². The van der Waals surface area contributed by atoms with E-state index in [1.165, 1.54) is 43.5 Å². The summed E-state index contributed by atoms with van der Waals surface area (Å²) in [5.41, 5.74) is 1.82. The number of ketones is 1. The fourth-order valence-corrected chi connectivity index (χ4v) is 9.07. The third-order valence-corrected chi connectivity index (χ3v) is 12.2. The van der Waals surface area contributed by atoms with Crippen LogP contribution in [0.4, 0.5) is 4.79 Å². The first kappa shape index (κ1) is 39.0. The fraction of sp³-hybridized carbons (Fsp3) is 0.432. The number of carbonyl (C=O) groups excluding carboxylic acids is 5. The molecule has 2 aromatic heterocycles. The Morgan fingerprint density at radius 2 is 1.67 bits per heavy atom. The Labute approximate surface area is 334 Å². The fourth-order valence-electron chi connectivity index (χ4n) is 9.07. The summed E-state index contributed by atoms with van der Waals surface area (Å²) in [4.78, 5) is 87.6. The molecule has 0 radical (unpaired) electrons. The summed E-state index contributed by atoms with van der Waals surface area (Å²) in [6.45, 7) is 7.11. The van der Waals surface area contributed by atoms with Gasteiger partial charge in [-0.05, 0) is 92.6 Å². The molecule has 0 bridgehead atoms. The number of aryl methyl sites for hydroxylation is 1. The number of Topliss-reactive ketones (excluding diaryl/α,β-unsaturated/α-hetero) is 1. The lowest BCUT2D eigenvalue weighted by molar-refractivity contribution is -0.255. The molecule has 0 N–H and O–H groups in total. The number of fused-ring (bicyclic) bond motifs is 5. The van der Waals surface area contributed by atoms with Crippen LogP contribution < -0.4 is 15.4 Å². The van der Waals surface area contributed by atoms with Gasteiger partial charge in [-0.15, -0.1) is 0 Å². The highest BCUT2D eigenvalue weighted by atomic mass is 16.6. The molecule has 14 nitrogen and oxygen atoms in total. The Balaban J connectivity index is 1.03. The standard InChI is InChI=1S/C44H46N4O10/c1-3-31-32-22-30(57-43(55)47-18-14-28(15-19-47)46-16-6-5-7-17-46)12-13-36(32)45-39-33(31)24-48-37(39)23-35-34(40(48)51)25-56-42(54)44(35,4-2)58-38(50)21-29(49)20-26-8-10-27(11-9-26)41(52)53/h8-13,22-23,28H,3-7,14-21,24-25H2,1-2H3,(H,52,53)/p-1/t44-/m0/s1. The van der Waals surface area contributed by atoms with Crippen LogP contribution in [0.15, 0.2) is 53.3 Å². The van der Waals surface area contributed by atoms with Crippen molar-refractivity contribution in [2.24, 2.45) is 0 Å². The molecule has 2 saturated heterocycles. The number of amides is 1. The molecule has 0 saturated carbocycles. The van der Waals surface area contributed by atoms with Crippen molar-refractivity contribution < 1.29 is 43.3 Å². The van der Waals surface area contributed by atoms with Gasteiger partial charge in [0.1, 0.15) is 24.6 Å². The summed E-state index contributed by atoms with van der Waals surface area (Å²) >= 11 is 0. The van der Waals surface area contributed by atoms with E-state index in [-0.39, 0.29) is 48.8 Å². The molecule has 302 valence electrons. The second kappa shape index (κ2) is 15.8. The lowest BCUT2D eigenvalue weighted by atomic mass is 9.85. The summed E-state index contributed by atoms with van der Waals surface area (Å²) < 4.78 is 18.8. The average molecular weight is 790 g/mol. The minimum atomic E-state index is -1.98. The number of benzene rings is 2. The monoisotopic (exact) mass is 789 g/mol. The van der Waals surface area contributed by atoms with Crippen molar-refractivity contribution >= 4 is 40.7 Å². The van der Waals surface area contributed by atoms with Gasteiger partial charge < -0.3 is 38.5 Å². The van der Waals surface area contributed by atoms with Crippen molar-refractivity contribution in [3.05, 3.63) is 92.3 Å². The number of ether oxygens (including phenoxy) is 3. The highest BCUT2D eigenvalue weighted by Gasteiger charge is 2.50. The van der Waals surface area contributed by atoms with Gasteiger partial charge in [-0.2, -0.15) is 0 Å². The molecular weight excluding hydrogens is 745 g/mol. The first-order valence-electron chi connectivity index (χ1n) is 20.1. The van der Waals surface area contributed by atoms with Crippen LogP contribution in [-0.4, -0.2) is 81.4 Å². The molecule has 2 aromatic carbocycles. The number of carboxylic acid groups (broad SMARTS) is 1. The number of carboxylic acids is 1. The van der Waals surface area contributed by atoms with Crippen molar-refractivity contribution in [3.63, 3.8) is 0 Å². The summed E-state index contributed by atoms with van der Waals surface area (Å²) in [7, 11) is 0. The predicted molar refractivity (Wildman–Crippen MR) is 208 cm³/mol. The molecule has 1 amide bonds. The van der Waals surface area contributed by atoms with Crippen molar-refractivity contribution in [1.29, 1.82) is 0 Å². The summed E-state index contributed by atoms with van der Waals surface area (Å²) in [5.74, 6) is -3.28. The van der Waals surface area contributed by atoms with Gasteiger partial charge in [-0.3, -0.25) is 14.4 Å². The molecule has 4 aliphatic rings. The molecule has 6 heterocycles. The number of rotatable bonds is 10. The van der Waals surface area contributed by atoms with Gasteiger partial charge in [-0.25, -0.2) is 14.6 Å². The largest absolute Gasteiger partial charge is 0.545 e. The van der Waals surface area contributed by atoms with E-state index in [1.54, 1.807) is 34.6 Å². The van der Waals surface area contributed by atoms with Crippen LogP contribution in [0.2, 0.25) is 0 Å². The first-order valence-corrected chi connectivity index (χ1v) is 20.1. The summed E-state index contributed by atoms with van der Waals surface area (Å²) in [6, 6.07) is 13.0. The summed E-state index contributed by atoms with van der Waals surface area (Å²) in [5, 5.41) is 11.9. The Morgan fingerprint density at radius 3 is 2.36 bits per heavy atom. The van der Waals surface area contributed by atoms with Crippen LogP contribution in [0.1, 0.15) is 97.0 Å². The molecule has 14 heteroatoms. The number of carbonyl (C=O) groups is 5. The van der Waals surface area contributed by atoms with E-state index < -0.39 is 41.3 Å². The van der Waals surface area contributed by atoms with Gasteiger partial charge in [0.05, 0.1) is 35.0 Å². The zero-order chi connectivity index (χ0) is 40.7. The van der Waals surface area contributed by atoms with E-state index >= 15 is 0 Å². The number of aromatic nitrogens is 2. The minimum Gasteiger partial charge on any atom is -0.545 e. The van der Waals surface area contributed by atoms with E-state index in [2.05, 4.69) is 4.90 Å². The number of esters is 2. The number of hydrogen-bond acceptors (Lipinski definition) is 12. The molecule has 1 atom stereocenters. The molecule has 0 spiro atoms. The number of nitrogens with zero attached hydrogens (tertiary/aromatic N) is 4. The minimum absolute atomic E-state index is 0.0461. The highest BCUT2D eigenvalue weighted by Crippen LogP contribution is 2.42. The van der Waals surface area contributed by atoms with E-state index in [1.807, 2.05) is 13.0 Å². The lowest BCUT2D eigenvalue weighted by Crippen LogP contribution is -2.48. The van der Waals surface area contributed by atoms with Crippen molar-refractivity contribution in [3.8, 4) is 17.1 Å². The normalized spacial score (nSPS) is 19.2. The van der Waals surface area contributed by atoms with Crippen molar-refractivity contribution in [2.45, 2.75) is 96.4 Å². The zero-order valence-corrected chi connectivity index (χ0v) is 32.7. The van der Waals surface area contributed by atoms with Gasteiger partial charge in [0.2, 0.25) is 5.60 Å². The maximum Gasteiger partial charge on any atom is 0.415 e. The van der Waals surface area contributed by atoms with Crippen LogP contribution in [0, 0.1) is 0 Å². The van der Waals surface area contributed by atoms with Gasteiger partial charge >= 0.3 is 18.0 Å². The molecule has 0 unspecified atom stereocenters. The molecule has 4 aliphatic heterocycles. The quantitative estimate of drug-likeness (QED) is 0.146. The lowest BCUT2D eigenvalue weighted by Gasteiger charge is -2.39. The maximum absolute atomic E-state index is 14.2. The van der Waals surface area contributed by atoms with Crippen LogP contribution in [-0.2, 0) is 55.5 Å². The van der Waals surface area contributed by atoms with Crippen LogP contribution >= 0.6 is 0 Å². The Hall–Kier alpha value is -5.89. The predicted octanol–water partition coefficient (Wildman–Crippen LogP) is 4.21. The van der Waals surface area contributed by atoms with Gasteiger partial charge in [0.15, 0.2) is 0 Å². The summed E-state index contributed by atoms with van der Waals surface area (Å²) in [6.07, 6.45) is 4.94. The molecular formula is C44H45N4O10-. The van der Waals surface area contributed by atoms with Gasteiger partial charge in [0.25, 0.3) is 5.56 Å². The third-order valence-electron chi connectivity index (χ3n) is 12.2. The number of cyclic esters (lactones) is 1. The Kier molecular flexibility index (Phi) is 10.6. The zero-order valence-electron chi connectivity index (χ0n) is 32.7. The molecule has 2 fully saturated rings. The first-order chi connectivity index (χ1) is 28.0. The van der Waals surface area contributed by atoms with E-state index in [9.17, 15) is 33.9 Å². The number of piperidine rings is 2. The second-order valence-corrected chi connectivity index (χ2v) is 15.6. The number of hydrogen-bond donors (Lipinski definition) is 0. The van der Waals surface area contributed by atoms with Crippen LogP contribution in [0.5, 0.6) is 5.75 Å². The third kappa shape index (κ3) is 7.14. The smallest absolute Gasteiger partial charge is 0.415 e. The van der Waals surface area contributed by atoms with Crippen molar-refractivity contribution in [1.82, 2.24) is 19.4 Å². The van der Waals surface area contributed by atoms with Crippen molar-refractivity contribution in [2.75, 3.05) is 26.2 Å². The number of aromatic carboxylic acids is 1. The molecule has 0 aliphatic carbocycles. The van der Waals surface area contributed by atoms with E-state index in [4.69, 9.17) is 19.2 Å². The highest BCUT2D eigenvalue weighted by molar-refractivity contribution is 5.98. The Bertz CT molecular complexity index is 2390. The van der Waals surface area contributed by atoms with E-state index in [0.29, 0.717) is 53.8 Å². The van der Waals surface area contributed by atoms with E-state index in [0.717, 1.165) is 42.4 Å². The second-order valence-electron chi connectivity index (χ2n) is 15.6. The number of likely N-dealkylation sites (tertiary alicyclic amines) is 2. The maximum atomic E-state index is 14.2. The van der Waals surface area contributed by atoms with Gasteiger partial charge in [0, 0.05) is 42.1 Å². The molecule has 8 rings (SSSR count). The Morgan fingerprint density at radius 1 is 0.931 bits per heavy atom. The molecule has 4 aromatic rings. The van der Waals surface area contributed by atoms with Crippen LogP contribution in [0.25, 0.3) is 22.3 Å². The van der Waals surface area contributed by atoms with Gasteiger partial charge in [-0.1, -0.05) is 44.5 Å². The molecule has 58 heavy (non-hydrogen) atoms. The SMILES string of the molecule is CCc1c2c(nc3ccc(OC(=O)N4CCC(N5CCCCC5)CC4)cc13)-c1cc3c(c(=O)n1C2)COC(=O)[C@@]3(CC)OC(=O)CC(=O)Cc1ccc(C(=O)[O-])cc1. The topological polar surface area (TPSA) is 177 Å². The average Bonchev–Trinajstić information content (AvgIpc) is 3.60.